The molecule has 0 spiro atoms. The first-order chi connectivity index (χ1) is 8.58. The van der Waals surface area contributed by atoms with Crippen LogP contribution in [0.2, 0.25) is 0 Å². The van der Waals surface area contributed by atoms with E-state index in [0.717, 1.165) is 13.0 Å². The number of nitrogens with one attached hydrogen (secondary N) is 1. The van der Waals surface area contributed by atoms with Gasteiger partial charge in [-0.1, -0.05) is 6.92 Å². The highest BCUT2D eigenvalue weighted by molar-refractivity contribution is 5.93. The Hall–Kier alpha value is -0.750. The predicted octanol–water partition coefficient (Wildman–Crippen LogP) is 2.04. The maximum atomic E-state index is 11.8. The van der Waals surface area contributed by atoms with Gasteiger partial charge in [-0.05, 0) is 26.5 Å². The number of nitrogens with zero attached hydrogens (tertiary/aromatic N) is 1. The Kier molecular flexibility index (Phi) is 11.8. The predicted molar refractivity (Wildman–Crippen MR) is 85.8 cm³/mol. The molecule has 1 heterocycles. The third-order valence-electron chi connectivity index (χ3n) is 3.21. The van der Waals surface area contributed by atoms with E-state index in [1.165, 1.54) is 6.26 Å². The van der Waals surface area contributed by atoms with E-state index in [2.05, 4.69) is 31.1 Å². The third-order valence-corrected chi connectivity index (χ3v) is 3.21. The Labute approximate surface area is 133 Å². The van der Waals surface area contributed by atoms with Gasteiger partial charge in [0.15, 0.2) is 0 Å². The second kappa shape index (κ2) is 11.0. The van der Waals surface area contributed by atoms with E-state index >= 15 is 0 Å². The summed E-state index contributed by atoms with van der Waals surface area (Å²) in [5.41, 5.74) is 5.95. The average Bonchev–Trinajstić information content (AvgIpc) is 2.86. The zero-order chi connectivity index (χ0) is 13.5. The van der Waals surface area contributed by atoms with Crippen molar-refractivity contribution in [3.63, 3.8) is 0 Å². The van der Waals surface area contributed by atoms with Gasteiger partial charge in [0, 0.05) is 19.1 Å². The molecule has 0 aliphatic heterocycles. The lowest BCUT2D eigenvalue weighted by atomic mass is 10.2. The van der Waals surface area contributed by atoms with Gasteiger partial charge >= 0.3 is 0 Å². The fourth-order valence-electron chi connectivity index (χ4n) is 1.59. The summed E-state index contributed by atoms with van der Waals surface area (Å²) in [5.74, 6) is 0.507. The van der Waals surface area contributed by atoms with Crippen LogP contribution in [0.25, 0.3) is 0 Å². The first-order valence-corrected chi connectivity index (χ1v) is 6.34. The second-order valence-corrected chi connectivity index (χ2v) is 4.50. The normalized spacial score (nSPS) is 11.4. The van der Waals surface area contributed by atoms with Crippen LogP contribution in [0.3, 0.4) is 0 Å². The number of likely N-dealkylation sites (N-methyl/N-ethyl adjacent to an activating group) is 1. The van der Waals surface area contributed by atoms with Crippen molar-refractivity contribution in [2.24, 2.45) is 5.73 Å². The monoisotopic (exact) mass is 325 g/mol. The summed E-state index contributed by atoms with van der Waals surface area (Å²) in [6, 6.07) is 2.20. The molecule has 0 radical (unpaired) electrons. The zero-order valence-electron chi connectivity index (χ0n) is 12.2. The molecule has 1 rings (SSSR count). The lowest BCUT2D eigenvalue weighted by molar-refractivity contribution is 0.0947. The van der Waals surface area contributed by atoms with Crippen LogP contribution in [-0.4, -0.2) is 37.0 Å². The molecule has 1 unspecified atom stereocenters. The van der Waals surface area contributed by atoms with Gasteiger partial charge in [0.05, 0.1) is 12.1 Å². The number of nitrogens with two attached hydrogens (primary N) is 1. The number of carbonyl (C=O) groups excluding carboxylic acids is 1. The molecule has 1 aromatic rings. The van der Waals surface area contributed by atoms with Crippen molar-refractivity contribution in [1.29, 1.82) is 0 Å². The lowest BCUT2D eigenvalue weighted by Crippen LogP contribution is -2.36. The molecule has 20 heavy (non-hydrogen) atoms. The van der Waals surface area contributed by atoms with Crippen LogP contribution in [0.4, 0.5) is 0 Å². The van der Waals surface area contributed by atoms with Crippen molar-refractivity contribution in [3.8, 4) is 0 Å². The van der Waals surface area contributed by atoms with Crippen LogP contribution in [-0.2, 0) is 6.54 Å². The summed E-state index contributed by atoms with van der Waals surface area (Å²) in [7, 11) is 2.06. The van der Waals surface area contributed by atoms with E-state index in [1.807, 2.05) is 0 Å². The average molecular weight is 326 g/mol. The molecule has 0 bridgehead atoms. The van der Waals surface area contributed by atoms with E-state index in [0.29, 0.717) is 30.5 Å². The zero-order valence-corrected chi connectivity index (χ0v) is 13.9. The van der Waals surface area contributed by atoms with E-state index in [1.54, 1.807) is 6.07 Å². The summed E-state index contributed by atoms with van der Waals surface area (Å²) in [6.07, 6.45) is 2.54. The van der Waals surface area contributed by atoms with E-state index in [-0.39, 0.29) is 30.7 Å². The molecule has 0 fully saturated rings. The van der Waals surface area contributed by atoms with Crippen molar-refractivity contribution < 1.29 is 9.21 Å². The number of hydrogen-bond acceptors (Lipinski definition) is 4. The van der Waals surface area contributed by atoms with Crippen molar-refractivity contribution in [3.05, 3.63) is 23.7 Å². The first kappa shape index (κ1) is 21.5. The maximum Gasteiger partial charge on any atom is 0.254 e. The fraction of sp³-hybridized carbons (Fsp3) is 0.615. The molecular weight excluding hydrogens is 301 g/mol. The Morgan fingerprint density at radius 2 is 2.15 bits per heavy atom. The van der Waals surface area contributed by atoms with Gasteiger partial charge in [0.25, 0.3) is 5.91 Å². The largest absolute Gasteiger partial charge is 0.467 e. The smallest absolute Gasteiger partial charge is 0.254 e. The molecular formula is C13H25Cl2N3O2. The van der Waals surface area contributed by atoms with Crippen LogP contribution >= 0.6 is 24.8 Å². The van der Waals surface area contributed by atoms with Gasteiger partial charge in [0.2, 0.25) is 0 Å². The lowest BCUT2D eigenvalue weighted by Gasteiger charge is -2.23. The highest BCUT2D eigenvalue weighted by atomic mass is 35.5. The standard InChI is InChI=1S/C13H23N3O2.2ClH/c1-4-10(2)16(3)6-5-15-13(17)11-7-12(8-14)18-9-11;;/h7,9-10H,4-6,8,14H2,1-3H3,(H,15,17);2*1H. The van der Waals surface area contributed by atoms with Crippen LogP contribution in [0.5, 0.6) is 0 Å². The van der Waals surface area contributed by atoms with Crippen molar-refractivity contribution >= 4 is 30.7 Å². The molecule has 0 aliphatic rings. The Bertz CT molecular complexity index is 385. The van der Waals surface area contributed by atoms with Crippen molar-refractivity contribution in [2.75, 3.05) is 20.1 Å². The number of halogens is 2. The topological polar surface area (TPSA) is 71.5 Å². The molecule has 1 amide bonds. The number of rotatable bonds is 7. The molecule has 118 valence electrons. The van der Waals surface area contributed by atoms with Crippen molar-refractivity contribution in [1.82, 2.24) is 10.2 Å². The molecule has 1 aromatic heterocycles. The minimum atomic E-state index is -0.115. The van der Waals surface area contributed by atoms with Crippen LogP contribution < -0.4 is 11.1 Å². The highest BCUT2D eigenvalue weighted by Gasteiger charge is 2.10. The number of amides is 1. The molecule has 0 aliphatic carbocycles. The first-order valence-electron chi connectivity index (χ1n) is 6.34. The SMILES string of the molecule is CCC(C)N(C)CCNC(=O)c1coc(CN)c1.Cl.Cl. The van der Waals surface area contributed by atoms with Gasteiger partial charge in [-0.15, -0.1) is 24.8 Å². The molecule has 1 atom stereocenters. The van der Waals surface area contributed by atoms with Gasteiger partial charge in [0.1, 0.15) is 12.0 Å². The van der Waals surface area contributed by atoms with Crippen LogP contribution in [0.15, 0.2) is 16.7 Å². The molecule has 5 nitrogen and oxygen atoms in total. The third kappa shape index (κ3) is 6.61. The Balaban J connectivity index is 0. The summed E-state index contributed by atoms with van der Waals surface area (Å²) < 4.78 is 5.12. The van der Waals surface area contributed by atoms with Gasteiger partial charge in [-0.25, -0.2) is 0 Å². The quantitative estimate of drug-likeness (QED) is 0.804. The molecule has 0 saturated carbocycles. The fourth-order valence-corrected chi connectivity index (χ4v) is 1.59. The van der Waals surface area contributed by atoms with E-state index in [9.17, 15) is 4.79 Å². The van der Waals surface area contributed by atoms with Crippen LogP contribution in [0.1, 0.15) is 36.4 Å². The van der Waals surface area contributed by atoms with Gasteiger partial charge in [-0.2, -0.15) is 0 Å². The minimum absolute atomic E-state index is 0. The summed E-state index contributed by atoms with van der Waals surface area (Å²) in [4.78, 5) is 14.0. The Morgan fingerprint density at radius 1 is 1.50 bits per heavy atom. The minimum Gasteiger partial charge on any atom is -0.467 e. The number of hydrogen-bond donors (Lipinski definition) is 2. The highest BCUT2D eigenvalue weighted by Crippen LogP contribution is 2.06. The molecule has 0 saturated heterocycles. The summed E-state index contributed by atoms with van der Waals surface area (Å²) in [5, 5.41) is 2.86. The molecule has 3 N–H and O–H groups in total. The summed E-state index contributed by atoms with van der Waals surface area (Å²) in [6.45, 7) is 6.10. The number of furan rings is 1. The summed E-state index contributed by atoms with van der Waals surface area (Å²) >= 11 is 0. The molecule has 0 aromatic carbocycles. The van der Waals surface area contributed by atoms with Crippen molar-refractivity contribution in [2.45, 2.75) is 32.9 Å². The molecule has 7 heteroatoms. The second-order valence-electron chi connectivity index (χ2n) is 4.50. The maximum absolute atomic E-state index is 11.8. The number of carbonyl (C=O) groups is 1. The van der Waals surface area contributed by atoms with Crippen LogP contribution in [0, 0.1) is 0 Å². The van der Waals surface area contributed by atoms with E-state index in [4.69, 9.17) is 10.2 Å². The van der Waals surface area contributed by atoms with Gasteiger partial charge in [-0.3, -0.25) is 4.79 Å². The van der Waals surface area contributed by atoms with Gasteiger partial charge < -0.3 is 20.4 Å². The van der Waals surface area contributed by atoms with E-state index < -0.39 is 0 Å². The Morgan fingerprint density at radius 3 is 2.65 bits per heavy atom.